The van der Waals surface area contributed by atoms with Crippen LogP contribution in [0.1, 0.15) is 0 Å². The van der Waals surface area contributed by atoms with Crippen molar-refractivity contribution in [3.05, 3.63) is 0 Å². The second kappa shape index (κ2) is 6.76. The SMILES string of the molecule is O=S(=O)([O-])CS(=O)(=O)OB(OF)OF.[Li+]. The molecule has 0 radical (unpaired) electrons. The second-order valence-corrected chi connectivity index (χ2v) is 5.16. The van der Waals surface area contributed by atoms with Crippen molar-refractivity contribution in [3.8, 4) is 0 Å². The van der Waals surface area contributed by atoms with Crippen LogP contribution in [-0.4, -0.2) is 33.8 Å². The minimum atomic E-state index is -5.16. The summed E-state index contributed by atoms with van der Waals surface area (Å²) in [6.07, 6.45) is 0. The molecule has 0 aliphatic carbocycles. The predicted molar refractivity (Wildman–Crippen MR) is 34.7 cm³/mol. The first-order valence-corrected chi connectivity index (χ1v) is 5.75. The van der Waals surface area contributed by atoms with Crippen molar-refractivity contribution in [2.45, 2.75) is 0 Å². The van der Waals surface area contributed by atoms with Gasteiger partial charge in [-0.25, -0.2) is 8.42 Å². The van der Waals surface area contributed by atoms with Crippen LogP contribution in [0.25, 0.3) is 0 Å². The van der Waals surface area contributed by atoms with Crippen molar-refractivity contribution in [1.82, 2.24) is 0 Å². The molecule has 15 heavy (non-hydrogen) atoms. The molecule has 0 amide bonds. The Bertz CT molecular complexity index is 360. The van der Waals surface area contributed by atoms with Crippen LogP contribution in [0.5, 0.6) is 0 Å². The van der Waals surface area contributed by atoms with Crippen LogP contribution in [0.2, 0.25) is 0 Å². The van der Waals surface area contributed by atoms with E-state index in [4.69, 9.17) is 0 Å². The fourth-order valence-electron chi connectivity index (χ4n) is 0.368. The van der Waals surface area contributed by atoms with E-state index < -0.39 is 32.6 Å². The smallest absolute Gasteiger partial charge is 0.747 e. The Hall–Kier alpha value is 0.262. The Labute approximate surface area is 95.9 Å². The molecule has 0 atom stereocenters. The summed E-state index contributed by atoms with van der Waals surface area (Å²) >= 11 is 0. The molecule has 0 spiro atoms. The molecule has 8 nitrogen and oxygen atoms in total. The maximum atomic E-state index is 11.1. The van der Waals surface area contributed by atoms with Gasteiger partial charge in [0.05, 0.1) is 0 Å². The van der Waals surface area contributed by atoms with E-state index in [2.05, 4.69) is 13.8 Å². The summed E-state index contributed by atoms with van der Waals surface area (Å²) in [5, 5.41) is -2.00. The molecule has 0 aliphatic heterocycles. The van der Waals surface area contributed by atoms with Crippen LogP contribution in [0, 0.1) is 0 Å². The first kappa shape index (κ1) is 17.7. The molecule has 0 heterocycles. The Kier molecular flexibility index (Phi) is 7.96. The molecule has 0 aliphatic rings. The van der Waals surface area contributed by atoms with Gasteiger partial charge in [-0.1, -0.05) is 9.05 Å². The molecular formula is CH2BF2LiO8S2. The maximum absolute atomic E-state index is 11.1. The quantitative estimate of drug-likeness (QED) is 0.348. The predicted octanol–water partition coefficient (Wildman–Crippen LogP) is -4.37. The first-order chi connectivity index (χ1) is 6.20. The van der Waals surface area contributed by atoms with Gasteiger partial charge in [0, 0.05) is 0 Å². The van der Waals surface area contributed by atoms with Crippen molar-refractivity contribution in [2.24, 2.45) is 0 Å². The summed E-state index contributed by atoms with van der Waals surface area (Å²) in [7, 11) is -13.1. The number of halogens is 2. The van der Waals surface area contributed by atoms with E-state index in [9.17, 15) is 30.4 Å². The first-order valence-electron chi connectivity index (χ1n) is 2.59. The number of rotatable bonds is 6. The minimum Gasteiger partial charge on any atom is -0.747 e. The van der Waals surface area contributed by atoms with Gasteiger partial charge in [-0.05, 0) is 0 Å². The molecule has 0 bridgehead atoms. The van der Waals surface area contributed by atoms with E-state index in [0.717, 1.165) is 0 Å². The van der Waals surface area contributed by atoms with Gasteiger partial charge in [0.1, 0.15) is 10.1 Å². The molecule has 0 N–H and O–H groups in total. The Morgan fingerprint density at radius 1 is 1.13 bits per heavy atom. The van der Waals surface area contributed by atoms with Gasteiger partial charge < -0.3 is 4.55 Å². The monoisotopic (exact) mass is 262 g/mol. The van der Waals surface area contributed by atoms with Gasteiger partial charge in [-0.15, -0.1) is 0 Å². The Morgan fingerprint density at radius 3 is 1.80 bits per heavy atom. The fraction of sp³-hybridized carbons (Fsp3) is 1.00. The summed E-state index contributed by atoms with van der Waals surface area (Å²) in [5.41, 5.74) is 0. The van der Waals surface area contributed by atoms with E-state index >= 15 is 0 Å². The third kappa shape index (κ3) is 9.21. The average Bonchev–Trinajstić information content (AvgIpc) is 1.95. The van der Waals surface area contributed by atoms with Crippen molar-refractivity contribution in [2.75, 3.05) is 5.08 Å². The fourth-order valence-corrected chi connectivity index (χ4v) is 2.30. The largest absolute Gasteiger partial charge is 1.00 e. The molecule has 0 unspecified atom stereocenters. The topological polar surface area (TPSA) is 119 Å². The van der Waals surface area contributed by atoms with Crippen LogP contribution in [0.4, 0.5) is 9.05 Å². The molecule has 0 rings (SSSR count). The average molecular weight is 262 g/mol. The Morgan fingerprint density at radius 2 is 1.53 bits per heavy atom. The van der Waals surface area contributed by atoms with Gasteiger partial charge in [-0.3, -0.25) is 4.10 Å². The van der Waals surface area contributed by atoms with Crippen molar-refractivity contribution in [1.29, 1.82) is 0 Å². The van der Waals surface area contributed by atoms with Gasteiger partial charge in [0.2, 0.25) is 0 Å². The van der Waals surface area contributed by atoms with Crippen LogP contribution in [0.3, 0.4) is 0 Å². The molecule has 0 saturated carbocycles. The maximum Gasteiger partial charge on any atom is 1.00 e. The molecule has 14 heteroatoms. The van der Waals surface area contributed by atoms with E-state index in [0.29, 0.717) is 0 Å². The van der Waals surface area contributed by atoms with Crippen molar-refractivity contribution in [3.63, 3.8) is 0 Å². The summed E-state index contributed by atoms with van der Waals surface area (Å²) in [6.45, 7) is 0. The number of hydrogen-bond donors (Lipinski definition) is 0. The van der Waals surface area contributed by atoms with E-state index in [1.54, 1.807) is 0 Å². The zero-order chi connectivity index (χ0) is 11.4. The second-order valence-electron chi connectivity index (χ2n) is 1.80. The summed E-state index contributed by atoms with van der Waals surface area (Å²) in [4.78, 5) is 4.91. The van der Waals surface area contributed by atoms with Crippen molar-refractivity contribution >= 4 is 27.6 Å². The van der Waals surface area contributed by atoms with Crippen LogP contribution >= 0.6 is 0 Å². The van der Waals surface area contributed by atoms with Crippen LogP contribution < -0.4 is 18.9 Å². The molecule has 0 aromatic heterocycles. The van der Waals surface area contributed by atoms with Gasteiger partial charge in [-0.2, -0.15) is 18.1 Å². The Balaban J connectivity index is 0. The van der Waals surface area contributed by atoms with E-state index in [1.165, 1.54) is 0 Å². The summed E-state index contributed by atoms with van der Waals surface area (Å²) < 4.78 is 76.3. The molecule has 0 aromatic rings. The molecule has 84 valence electrons. The molecular weight excluding hydrogens is 260 g/mol. The summed E-state index contributed by atoms with van der Waals surface area (Å²) in [6, 6.07) is 0. The van der Waals surface area contributed by atoms with E-state index in [1.807, 2.05) is 0 Å². The third-order valence-electron chi connectivity index (χ3n) is 0.659. The zero-order valence-corrected chi connectivity index (χ0v) is 8.76. The van der Waals surface area contributed by atoms with Crippen molar-refractivity contribution < 1.29 is 63.1 Å². The molecule has 0 aromatic carbocycles. The van der Waals surface area contributed by atoms with Gasteiger partial charge in [0.15, 0.2) is 5.08 Å². The normalized spacial score (nSPS) is 11.9. The van der Waals surface area contributed by atoms with Crippen LogP contribution in [0.15, 0.2) is 0 Å². The molecule has 0 fully saturated rings. The zero-order valence-electron chi connectivity index (χ0n) is 7.12. The molecule has 0 saturated heterocycles. The summed E-state index contributed by atoms with van der Waals surface area (Å²) in [5.74, 6) is 0. The van der Waals surface area contributed by atoms with Gasteiger partial charge in [0.25, 0.3) is 10.1 Å². The van der Waals surface area contributed by atoms with Crippen LogP contribution in [-0.2, 0) is 34.1 Å². The third-order valence-corrected chi connectivity index (χ3v) is 3.42. The minimum absolute atomic E-state index is 0. The number of hydrogen-bond acceptors (Lipinski definition) is 8. The van der Waals surface area contributed by atoms with E-state index in [-0.39, 0.29) is 18.9 Å². The van der Waals surface area contributed by atoms with Gasteiger partial charge >= 0.3 is 26.2 Å². The standard InChI is InChI=1S/CH3BF2O8S2.Li/c3-10-2(11-4)12-14(8,9)1-13(5,6)7;/h1H2,(H,5,6,7);/q;+1/p-1.